The number of nitriles is 1. The van der Waals surface area contributed by atoms with Gasteiger partial charge in [0.15, 0.2) is 0 Å². The molecule has 0 aliphatic heterocycles. The number of nitrogens with zero attached hydrogens (tertiary/aromatic N) is 1. The van der Waals surface area contributed by atoms with Crippen LogP contribution in [-0.4, -0.2) is 11.6 Å². The second-order valence-electron chi connectivity index (χ2n) is 3.95. The predicted molar refractivity (Wildman–Crippen MR) is 44.6 cm³/mol. The quantitative estimate of drug-likeness (QED) is 0.563. The van der Waals surface area contributed by atoms with Gasteiger partial charge in [-0.05, 0) is 25.2 Å². The molecule has 68 valence electrons. The van der Waals surface area contributed by atoms with Gasteiger partial charge in [0.05, 0.1) is 0 Å². The van der Waals surface area contributed by atoms with E-state index in [0.717, 1.165) is 19.3 Å². The maximum Gasteiger partial charge on any atom is 0.235 e. The van der Waals surface area contributed by atoms with Crippen LogP contribution in [0.15, 0.2) is 0 Å². The lowest BCUT2D eigenvalue weighted by atomic mass is 9.88. The normalized spacial score (nSPS) is 37.2. The third kappa shape index (κ3) is 1.17. The van der Waals surface area contributed by atoms with Crippen LogP contribution in [0.25, 0.3) is 0 Å². The highest BCUT2D eigenvalue weighted by Crippen LogP contribution is 2.45. The molecular weight excluding hydrogens is 166 g/mol. The molecule has 2 saturated carbocycles. The second kappa shape index (κ2) is 2.95. The third-order valence-electron chi connectivity index (χ3n) is 3.37. The molecule has 0 aromatic carbocycles. The molecule has 0 spiro atoms. The molecule has 2 rings (SSSR count). The van der Waals surface area contributed by atoms with Gasteiger partial charge in [-0.2, -0.15) is 5.26 Å². The van der Waals surface area contributed by atoms with Crippen LogP contribution in [-0.2, 0) is 9.59 Å². The summed E-state index contributed by atoms with van der Waals surface area (Å²) < 4.78 is 0. The molecular formula is C10H11NO2. The van der Waals surface area contributed by atoms with Crippen molar-refractivity contribution in [2.75, 3.05) is 0 Å². The molecule has 0 heterocycles. The molecule has 2 aliphatic rings. The maximum atomic E-state index is 11.4. The summed E-state index contributed by atoms with van der Waals surface area (Å²) in [5, 5.41) is 8.49. The minimum Gasteiger partial charge on any atom is -0.299 e. The predicted octanol–water partition coefficient (Wildman–Crippen LogP) is 1.08. The number of ketones is 2. The lowest BCUT2D eigenvalue weighted by Crippen LogP contribution is -2.23. The zero-order valence-electron chi connectivity index (χ0n) is 7.32. The van der Waals surface area contributed by atoms with Crippen LogP contribution < -0.4 is 0 Å². The van der Waals surface area contributed by atoms with Gasteiger partial charge in [0.25, 0.3) is 0 Å². The average molecular weight is 177 g/mol. The van der Waals surface area contributed by atoms with Crippen LogP contribution >= 0.6 is 0 Å². The topological polar surface area (TPSA) is 57.9 Å². The van der Waals surface area contributed by atoms with Crippen molar-refractivity contribution in [3.63, 3.8) is 0 Å². The van der Waals surface area contributed by atoms with Gasteiger partial charge < -0.3 is 0 Å². The van der Waals surface area contributed by atoms with Crippen molar-refractivity contribution < 1.29 is 9.59 Å². The first kappa shape index (κ1) is 8.43. The van der Waals surface area contributed by atoms with E-state index in [2.05, 4.69) is 0 Å². The first-order valence-corrected chi connectivity index (χ1v) is 4.70. The summed E-state index contributed by atoms with van der Waals surface area (Å²) in [5.41, 5.74) is 0. The Morgan fingerprint density at radius 1 is 1.38 bits per heavy atom. The minimum atomic E-state index is -0.386. The molecule has 0 saturated heterocycles. The van der Waals surface area contributed by atoms with Crippen molar-refractivity contribution in [2.24, 2.45) is 17.8 Å². The zero-order chi connectivity index (χ0) is 9.42. The summed E-state index contributed by atoms with van der Waals surface area (Å²) in [5.74, 6) is -0.161. The fourth-order valence-corrected chi connectivity index (χ4v) is 2.76. The van der Waals surface area contributed by atoms with Crippen molar-refractivity contribution in [2.45, 2.75) is 25.7 Å². The molecule has 0 radical (unpaired) electrons. The van der Waals surface area contributed by atoms with Crippen LogP contribution in [0.1, 0.15) is 25.7 Å². The number of hydrogen-bond donors (Lipinski definition) is 0. The first-order chi connectivity index (χ1) is 6.24. The Bertz CT molecular complexity index is 303. The van der Waals surface area contributed by atoms with Crippen molar-refractivity contribution >= 4 is 11.6 Å². The number of Topliss-reactive ketones (excluding diaryl/α,β-unsaturated/α-hetero) is 2. The molecule has 0 aromatic rings. The van der Waals surface area contributed by atoms with Gasteiger partial charge in [-0.25, -0.2) is 0 Å². The fraction of sp³-hybridized carbons (Fsp3) is 0.700. The Morgan fingerprint density at radius 3 is 2.85 bits per heavy atom. The van der Waals surface area contributed by atoms with E-state index in [1.807, 2.05) is 0 Å². The summed E-state index contributed by atoms with van der Waals surface area (Å²) in [6.07, 6.45) is 3.24. The Morgan fingerprint density at radius 2 is 2.15 bits per heavy atom. The third-order valence-corrected chi connectivity index (χ3v) is 3.37. The molecule has 0 N–H and O–H groups in total. The Labute approximate surface area is 76.7 Å². The average Bonchev–Trinajstić information content (AvgIpc) is 2.68. The van der Waals surface area contributed by atoms with Crippen LogP contribution in [0, 0.1) is 29.1 Å². The lowest BCUT2D eigenvalue weighted by Gasteiger charge is -2.11. The highest BCUT2D eigenvalue weighted by Gasteiger charge is 2.47. The Balaban J connectivity index is 2.20. The van der Waals surface area contributed by atoms with Gasteiger partial charge in [0.2, 0.25) is 5.78 Å². The molecule has 3 unspecified atom stereocenters. The van der Waals surface area contributed by atoms with E-state index in [4.69, 9.17) is 5.26 Å². The number of rotatable bonds is 1. The fourth-order valence-electron chi connectivity index (χ4n) is 2.76. The molecule has 3 heteroatoms. The standard InChI is InChI=1S/C10H11NO2/c11-5-9(13)7-3-1-6-2-4-8(12)10(6)7/h6-7,10H,1-4H2. The molecule has 2 aliphatic carbocycles. The van der Waals surface area contributed by atoms with Gasteiger partial charge >= 0.3 is 0 Å². The molecule has 3 nitrogen and oxygen atoms in total. The Hall–Kier alpha value is -1.17. The van der Waals surface area contributed by atoms with Crippen molar-refractivity contribution in [1.82, 2.24) is 0 Å². The lowest BCUT2D eigenvalue weighted by molar-refractivity contribution is -0.127. The van der Waals surface area contributed by atoms with E-state index >= 15 is 0 Å². The first-order valence-electron chi connectivity index (χ1n) is 4.70. The summed E-state index contributed by atoms with van der Waals surface area (Å²) in [7, 11) is 0. The van der Waals surface area contributed by atoms with E-state index < -0.39 is 0 Å². The molecule has 0 amide bonds. The minimum absolute atomic E-state index is 0.104. The number of carbonyl (C=O) groups is 2. The molecule has 0 aromatic heterocycles. The largest absolute Gasteiger partial charge is 0.299 e. The van der Waals surface area contributed by atoms with Gasteiger partial charge in [0, 0.05) is 18.3 Å². The summed E-state index contributed by atoms with van der Waals surface area (Å²) in [6, 6.07) is 1.65. The number of carbonyl (C=O) groups excluding carboxylic acids is 2. The van der Waals surface area contributed by atoms with Crippen molar-refractivity contribution in [3.05, 3.63) is 0 Å². The van der Waals surface area contributed by atoms with E-state index in [-0.39, 0.29) is 23.4 Å². The zero-order valence-corrected chi connectivity index (χ0v) is 7.32. The smallest absolute Gasteiger partial charge is 0.235 e. The Kier molecular flexibility index (Phi) is 1.91. The highest BCUT2D eigenvalue weighted by atomic mass is 16.1. The van der Waals surface area contributed by atoms with Gasteiger partial charge in [-0.3, -0.25) is 9.59 Å². The van der Waals surface area contributed by atoms with Crippen LogP contribution in [0.3, 0.4) is 0 Å². The van der Waals surface area contributed by atoms with Gasteiger partial charge in [0.1, 0.15) is 11.9 Å². The summed E-state index contributed by atoms with van der Waals surface area (Å²) in [6.45, 7) is 0. The monoisotopic (exact) mass is 177 g/mol. The van der Waals surface area contributed by atoms with Crippen LogP contribution in [0.2, 0.25) is 0 Å². The van der Waals surface area contributed by atoms with Gasteiger partial charge in [-0.15, -0.1) is 0 Å². The molecule has 0 bridgehead atoms. The van der Waals surface area contributed by atoms with E-state index in [1.165, 1.54) is 0 Å². The number of hydrogen-bond acceptors (Lipinski definition) is 3. The highest BCUT2D eigenvalue weighted by molar-refractivity contribution is 5.99. The van der Waals surface area contributed by atoms with E-state index in [0.29, 0.717) is 12.3 Å². The van der Waals surface area contributed by atoms with Crippen molar-refractivity contribution in [3.8, 4) is 6.07 Å². The van der Waals surface area contributed by atoms with Crippen molar-refractivity contribution in [1.29, 1.82) is 5.26 Å². The summed E-state index contributed by atoms with van der Waals surface area (Å²) >= 11 is 0. The van der Waals surface area contributed by atoms with E-state index in [9.17, 15) is 9.59 Å². The molecule has 13 heavy (non-hydrogen) atoms. The van der Waals surface area contributed by atoms with Crippen LogP contribution in [0.4, 0.5) is 0 Å². The van der Waals surface area contributed by atoms with Crippen LogP contribution in [0.5, 0.6) is 0 Å². The SMILES string of the molecule is N#CC(=O)C1CCC2CCC(=O)C21. The summed E-state index contributed by atoms with van der Waals surface area (Å²) in [4.78, 5) is 22.6. The molecule has 2 fully saturated rings. The molecule has 3 atom stereocenters. The maximum absolute atomic E-state index is 11.4. The van der Waals surface area contributed by atoms with Gasteiger partial charge in [-0.1, -0.05) is 0 Å². The van der Waals surface area contributed by atoms with E-state index in [1.54, 1.807) is 6.07 Å². The number of fused-ring (bicyclic) bond motifs is 1. The second-order valence-corrected chi connectivity index (χ2v) is 3.95.